The van der Waals surface area contributed by atoms with Gasteiger partial charge in [0.1, 0.15) is 5.15 Å². The molecular formula is C22H21Cl2N3O3S. The van der Waals surface area contributed by atoms with E-state index in [4.69, 9.17) is 23.2 Å². The zero-order valence-corrected chi connectivity index (χ0v) is 19.3. The van der Waals surface area contributed by atoms with Gasteiger partial charge < -0.3 is 5.32 Å². The second-order valence-corrected chi connectivity index (χ2v) is 9.90. The van der Waals surface area contributed by atoms with Gasteiger partial charge in [-0.3, -0.25) is 4.79 Å². The molecular weight excluding hydrogens is 457 g/mol. The summed E-state index contributed by atoms with van der Waals surface area (Å²) in [5, 5.41) is 8.22. The molecule has 1 N–H and O–H groups in total. The van der Waals surface area contributed by atoms with E-state index in [0.717, 1.165) is 5.56 Å². The predicted octanol–water partition coefficient (Wildman–Crippen LogP) is 4.99. The summed E-state index contributed by atoms with van der Waals surface area (Å²) in [6.45, 7) is 3.87. The Bertz CT molecular complexity index is 1220. The fraction of sp³-hybridized carbons (Fsp3) is 0.182. The van der Waals surface area contributed by atoms with Gasteiger partial charge in [-0.25, -0.2) is 13.1 Å². The highest BCUT2D eigenvalue weighted by Crippen LogP contribution is 2.23. The Labute approximate surface area is 191 Å². The van der Waals surface area contributed by atoms with E-state index in [1.165, 1.54) is 18.2 Å². The first-order chi connectivity index (χ1) is 14.7. The van der Waals surface area contributed by atoms with Crippen LogP contribution in [-0.4, -0.2) is 29.9 Å². The third-order valence-electron chi connectivity index (χ3n) is 4.62. The SMILES string of the molecule is CCS(=O)(=O)c1ccc(NC(=O)/C=C/c2c(C)nn(Cc3ccc(Cl)cc3)c2Cl)cc1. The van der Waals surface area contributed by atoms with E-state index in [0.29, 0.717) is 33.7 Å². The lowest BCUT2D eigenvalue weighted by Gasteiger charge is -2.05. The van der Waals surface area contributed by atoms with Crippen molar-refractivity contribution in [1.29, 1.82) is 0 Å². The summed E-state index contributed by atoms with van der Waals surface area (Å²) in [6, 6.07) is 13.4. The number of benzene rings is 2. The number of nitrogens with zero attached hydrogens (tertiary/aromatic N) is 2. The van der Waals surface area contributed by atoms with Gasteiger partial charge in [0.15, 0.2) is 9.84 Å². The molecule has 162 valence electrons. The first-order valence-electron chi connectivity index (χ1n) is 9.49. The summed E-state index contributed by atoms with van der Waals surface area (Å²) in [5.41, 5.74) is 2.83. The van der Waals surface area contributed by atoms with Crippen LogP contribution in [0.2, 0.25) is 10.2 Å². The topological polar surface area (TPSA) is 81.1 Å². The largest absolute Gasteiger partial charge is 0.323 e. The van der Waals surface area contributed by atoms with E-state index < -0.39 is 9.84 Å². The van der Waals surface area contributed by atoms with Crippen LogP contribution in [-0.2, 0) is 21.2 Å². The standard InChI is InChI=1S/C22H21Cl2N3O3S/c1-3-31(29,30)19-10-8-18(9-11-19)25-21(28)13-12-20-15(2)26-27(22(20)24)14-16-4-6-17(23)7-5-16/h4-13H,3,14H2,1-2H3,(H,25,28)/b13-12+. The van der Waals surface area contributed by atoms with Crippen LogP contribution in [0.15, 0.2) is 59.5 Å². The second kappa shape index (κ2) is 9.68. The highest BCUT2D eigenvalue weighted by Gasteiger charge is 2.13. The van der Waals surface area contributed by atoms with Gasteiger partial charge in [-0.1, -0.05) is 42.3 Å². The maximum atomic E-state index is 12.3. The minimum absolute atomic E-state index is 0.0211. The number of aromatic nitrogens is 2. The lowest BCUT2D eigenvalue weighted by atomic mass is 10.2. The van der Waals surface area contributed by atoms with Gasteiger partial charge in [-0.05, 0) is 55.0 Å². The summed E-state index contributed by atoms with van der Waals surface area (Å²) < 4.78 is 25.4. The molecule has 0 saturated heterocycles. The maximum Gasteiger partial charge on any atom is 0.248 e. The Morgan fingerprint density at radius 1 is 1.10 bits per heavy atom. The lowest BCUT2D eigenvalue weighted by Crippen LogP contribution is -2.08. The molecule has 1 aromatic heterocycles. The number of hydrogen-bond acceptors (Lipinski definition) is 4. The quantitative estimate of drug-likeness (QED) is 0.485. The van der Waals surface area contributed by atoms with E-state index in [2.05, 4.69) is 10.4 Å². The molecule has 9 heteroatoms. The molecule has 0 bridgehead atoms. The zero-order chi connectivity index (χ0) is 22.6. The Morgan fingerprint density at radius 2 is 1.74 bits per heavy atom. The predicted molar refractivity (Wildman–Crippen MR) is 124 cm³/mol. The van der Waals surface area contributed by atoms with Crippen LogP contribution >= 0.6 is 23.2 Å². The molecule has 1 amide bonds. The summed E-state index contributed by atoms with van der Waals surface area (Å²) in [7, 11) is -3.28. The molecule has 3 rings (SSSR count). The molecule has 0 aliphatic rings. The van der Waals surface area contributed by atoms with Gasteiger partial charge in [0.2, 0.25) is 5.91 Å². The van der Waals surface area contributed by atoms with Crippen molar-refractivity contribution in [2.45, 2.75) is 25.3 Å². The molecule has 0 atom stereocenters. The number of aryl methyl sites for hydroxylation is 1. The number of halogens is 2. The molecule has 2 aromatic carbocycles. The second-order valence-electron chi connectivity index (χ2n) is 6.82. The molecule has 0 aliphatic heterocycles. The summed E-state index contributed by atoms with van der Waals surface area (Å²) >= 11 is 12.4. The molecule has 0 saturated carbocycles. The number of nitrogens with one attached hydrogen (secondary N) is 1. The van der Waals surface area contributed by atoms with E-state index >= 15 is 0 Å². The summed E-state index contributed by atoms with van der Waals surface area (Å²) in [5.74, 6) is -0.347. The first-order valence-corrected chi connectivity index (χ1v) is 11.9. The molecule has 1 heterocycles. The van der Waals surface area contributed by atoms with Gasteiger partial charge >= 0.3 is 0 Å². The van der Waals surface area contributed by atoms with E-state index in [-0.39, 0.29) is 16.6 Å². The molecule has 3 aromatic rings. The van der Waals surface area contributed by atoms with Crippen LogP contribution < -0.4 is 5.32 Å². The fourth-order valence-electron chi connectivity index (χ4n) is 2.88. The van der Waals surface area contributed by atoms with E-state index in [1.807, 2.05) is 19.1 Å². The normalized spacial score (nSPS) is 11.7. The van der Waals surface area contributed by atoms with Crippen LogP contribution in [0, 0.1) is 6.92 Å². The Balaban J connectivity index is 1.69. The van der Waals surface area contributed by atoms with Crippen LogP contribution in [0.1, 0.15) is 23.7 Å². The number of sulfone groups is 1. The number of carbonyl (C=O) groups is 1. The molecule has 0 unspecified atom stereocenters. The molecule has 0 aliphatic carbocycles. The summed E-state index contributed by atoms with van der Waals surface area (Å²) in [4.78, 5) is 12.5. The van der Waals surface area contributed by atoms with Crippen molar-refractivity contribution < 1.29 is 13.2 Å². The average Bonchev–Trinajstić information content (AvgIpc) is 3.01. The molecule has 0 spiro atoms. The van der Waals surface area contributed by atoms with Crippen LogP contribution in [0.4, 0.5) is 5.69 Å². The molecule has 0 fully saturated rings. The van der Waals surface area contributed by atoms with Crippen molar-refractivity contribution in [3.63, 3.8) is 0 Å². The number of carbonyl (C=O) groups excluding carboxylic acids is 1. The monoisotopic (exact) mass is 477 g/mol. The third kappa shape index (κ3) is 5.76. The fourth-order valence-corrected chi connectivity index (χ4v) is 4.19. The Morgan fingerprint density at radius 3 is 2.35 bits per heavy atom. The maximum absolute atomic E-state index is 12.3. The smallest absolute Gasteiger partial charge is 0.248 e. The average molecular weight is 478 g/mol. The van der Waals surface area contributed by atoms with Crippen molar-refractivity contribution in [1.82, 2.24) is 9.78 Å². The number of hydrogen-bond donors (Lipinski definition) is 1. The highest BCUT2D eigenvalue weighted by molar-refractivity contribution is 7.91. The molecule has 0 radical (unpaired) electrons. The minimum atomic E-state index is -3.28. The van der Waals surface area contributed by atoms with Gasteiger partial charge in [-0.2, -0.15) is 5.10 Å². The third-order valence-corrected chi connectivity index (χ3v) is 7.02. The number of rotatable bonds is 7. The van der Waals surface area contributed by atoms with E-state index in [9.17, 15) is 13.2 Å². The summed E-state index contributed by atoms with van der Waals surface area (Å²) in [6.07, 6.45) is 2.97. The van der Waals surface area contributed by atoms with Crippen molar-refractivity contribution >= 4 is 50.7 Å². The van der Waals surface area contributed by atoms with Crippen molar-refractivity contribution in [2.24, 2.45) is 0 Å². The van der Waals surface area contributed by atoms with Crippen molar-refractivity contribution in [2.75, 3.05) is 11.1 Å². The van der Waals surface area contributed by atoms with Crippen LogP contribution in [0.25, 0.3) is 6.08 Å². The first kappa shape index (κ1) is 23.1. The lowest BCUT2D eigenvalue weighted by molar-refractivity contribution is -0.111. The minimum Gasteiger partial charge on any atom is -0.323 e. The van der Waals surface area contributed by atoms with Crippen molar-refractivity contribution in [3.8, 4) is 0 Å². The highest BCUT2D eigenvalue weighted by atomic mass is 35.5. The van der Waals surface area contributed by atoms with Gasteiger partial charge in [0.05, 0.1) is 22.9 Å². The number of amides is 1. The van der Waals surface area contributed by atoms with E-state index in [1.54, 1.807) is 41.9 Å². The van der Waals surface area contributed by atoms with Gasteiger partial charge in [-0.15, -0.1) is 0 Å². The molecule has 31 heavy (non-hydrogen) atoms. The van der Waals surface area contributed by atoms with Crippen LogP contribution in [0.3, 0.4) is 0 Å². The Kier molecular flexibility index (Phi) is 7.20. The van der Waals surface area contributed by atoms with Gasteiger partial charge in [0, 0.05) is 22.3 Å². The van der Waals surface area contributed by atoms with Crippen molar-refractivity contribution in [3.05, 3.63) is 81.6 Å². The Hall–Kier alpha value is -2.61. The number of anilines is 1. The zero-order valence-electron chi connectivity index (χ0n) is 17.0. The molecule has 6 nitrogen and oxygen atoms in total. The van der Waals surface area contributed by atoms with Crippen LogP contribution in [0.5, 0.6) is 0 Å². The van der Waals surface area contributed by atoms with Gasteiger partial charge in [0.25, 0.3) is 0 Å².